The average molecular weight is 335 g/mol. The third kappa shape index (κ3) is 3.46. The second-order valence-corrected chi connectivity index (χ2v) is 6.26. The molecule has 0 amide bonds. The van der Waals surface area contributed by atoms with Gasteiger partial charge >= 0.3 is 0 Å². The van der Waals surface area contributed by atoms with Gasteiger partial charge in [0.15, 0.2) is 0 Å². The number of nitrogens with zero attached hydrogens (tertiary/aromatic N) is 2. The zero-order valence-electron chi connectivity index (χ0n) is 11.4. The highest BCUT2D eigenvalue weighted by atomic mass is 79.9. The van der Waals surface area contributed by atoms with Crippen LogP contribution in [0.15, 0.2) is 29.0 Å². The molecule has 0 aliphatic heterocycles. The first kappa shape index (κ1) is 13.8. The lowest BCUT2D eigenvalue weighted by molar-refractivity contribution is 0.453. The molecule has 20 heavy (non-hydrogen) atoms. The van der Waals surface area contributed by atoms with E-state index in [0.29, 0.717) is 6.04 Å². The van der Waals surface area contributed by atoms with Crippen molar-refractivity contribution in [2.24, 2.45) is 0 Å². The number of H-pyrrole nitrogens is 1. The van der Waals surface area contributed by atoms with Crippen molar-refractivity contribution in [3.8, 4) is 0 Å². The molecule has 1 unspecified atom stereocenters. The first-order valence-corrected chi connectivity index (χ1v) is 7.95. The number of aromatic nitrogens is 3. The van der Waals surface area contributed by atoms with E-state index < -0.39 is 0 Å². The topological polar surface area (TPSA) is 53.6 Å². The minimum atomic E-state index is 0.610. The van der Waals surface area contributed by atoms with Gasteiger partial charge in [0.05, 0.1) is 0 Å². The van der Waals surface area contributed by atoms with Crippen molar-refractivity contribution in [1.82, 2.24) is 20.5 Å². The minimum absolute atomic E-state index is 0.610. The van der Waals surface area contributed by atoms with E-state index in [-0.39, 0.29) is 0 Å². The molecular weight excluding hydrogens is 316 g/mol. The number of hydrogen-bond donors (Lipinski definition) is 2. The fourth-order valence-electron chi connectivity index (χ4n) is 2.81. The largest absolute Gasteiger partial charge is 0.314 e. The zero-order chi connectivity index (χ0) is 13.8. The van der Waals surface area contributed by atoms with E-state index in [9.17, 15) is 0 Å². The van der Waals surface area contributed by atoms with Crippen molar-refractivity contribution in [3.63, 3.8) is 0 Å². The Balaban J connectivity index is 1.45. The molecule has 1 aliphatic rings. The van der Waals surface area contributed by atoms with Gasteiger partial charge in [-0.05, 0) is 55.5 Å². The van der Waals surface area contributed by atoms with Crippen LogP contribution in [0.2, 0.25) is 0 Å². The Bertz CT molecular complexity index is 553. The van der Waals surface area contributed by atoms with Gasteiger partial charge in [0.1, 0.15) is 12.2 Å². The van der Waals surface area contributed by atoms with Crippen molar-refractivity contribution >= 4 is 15.9 Å². The van der Waals surface area contributed by atoms with E-state index in [1.54, 1.807) is 6.33 Å². The number of benzene rings is 1. The Morgan fingerprint density at radius 1 is 1.35 bits per heavy atom. The Morgan fingerprint density at radius 3 is 3.15 bits per heavy atom. The number of fused-ring (bicyclic) bond motifs is 1. The van der Waals surface area contributed by atoms with Crippen LogP contribution >= 0.6 is 15.9 Å². The average Bonchev–Trinajstić information content (AvgIpc) is 2.97. The molecule has 1 heterocycles. The van der Waals surface area contributed by atoms with E-state index in [0.717, 1.165) is 31.6 Å². The highest BCUT2D eigenvalue weighted by molar-refractivity contribution is 9.10. The maximum atomic E-state index is 4.14. The van der Waals surface area contributed by atoms with Gasteiger partial charge in [-0.2, -0.15) is 5.10 Å². The first-order chi connectivity index (χ1) is 9.81. The molecule has 0 spiro atoms. The Morgan fingerprint density at radius 2 is 2.30 bits per heavy atom. The Kier molecular flexibility index (Phi) is 4.47. The Hall–Kier alpha value is -1.20. The molecule has 2 aromatic rings. The van der Waals surface area contributed by atoms with Crippen LogP contribution in [0.4, 0.5) is 0 Å². The zero-order valence-corrected chi connectivity index (χ0v) is 13.0. The normalized spacial score (nSPS) is 17.9. The van der Waals surface area contributed by atoms with Gasteiger partial charge in [-0.1, -0.05) is 22.0 Å². The number of hydrogen-bond acceptors (Lipinski definition) is 3. The van der Waals surface area contributed by atoms with Crippen molar-refractivity contribution in [2.75, 3.05) is 6.54 Å². The molecule has 0 radical (unpaired) electrons. The molecule has 1 aromatic carbocycles. The second kappa shape index (κ2) is 6.50. The molecule has 0 saturated carbocycles. The van der Waals surface area contributed by atoms with Crippen LogP contribution in [0.5, 0.6) is 0 Å². The monoisotopic (exact) mass is 334 g/mol. The summed E-state index contributed by atoms with van der Waals surface area (Å²) in [5, 5.41) is 10.4. The molecule has 0 saturated heterocycles. The standard InChI is InChI=1S/C15H19BrN4/c16-13-5-3-12-9-14(6-4-11(12)8-13)17-7-1-2-15-18-10-19-20-15/h3,5,8,10,14,17H,1-2,4,6-7,9H2,(H,18,19,20). The molecule has 106 valence electrons. The summed E-state index contributed by atoms with van der Waals surface area (Å²) in [6.45, 7) is 1.04. The van der Waals surface area contributed by atoms with Gasteiger partial charge in [-0.15, -0.1) is 0 Å². The van der Waals surface area contributed by atoms with Crippen LogP contribution in [0.1, 0.15) is 29.8 Å². The first-order valence-electron chi connectivity index (χ1n) is 7.16. The lowest BCUT2D eigenvalue weighted by atomic mass is 9.88. The van der Waals surface area contributed by atoms with Gasteiger partial charge in [-0.3, -0.25) is 5.10 Å². The van der Waals surface area contributed by atoms with Gasteiger partial charge in [0, 0.05) is 16.9 Å². The lowest BCUT2D eigenvalue weighted by Gasteiger charge is -2.25. The predicted molar refractivity (Wildman–Crippen MR) is 82.7 cm³/mol. The number of rotatable bonds is 5. The summed E-state index contributed by atoms with van der Waals surface area (Å²) in [5.41, 5.74) is 2.99. The van der Waals surface area contributed by atoms with Gasteiger partial charge in [-0.25, -0.2) is 4.98 Å². The molecule has 1 aromatic heterocycles. The third-order valence-corrected chi connectivity index (χ3v) is 4.38. The van der Waals surface area contributed by atoms with E-state index in [2.05, 4.69) is 54.6 Å². The Labute approximate surface area is 127 Å². The van der Waals surface area contributed by atoms with Crippen LogP contribution in [0, 0.1) is 0 Å². The van der Waals surface area contributed by atoms with Crippen LogP contribution < -0.4 is 5.32 Å². The summed E-state index contributed by atoms with van der Waals surface area (Å²) in [5.74, 6) is 0.977. The molecule has 2 N–H and O–H groups in total. The molecule has 1 aliphatic carbocycles. The van der Waals surface area contributed by atoms with Crippen LogP contribution in [-0.4, -0.2) is 27.8 Å². The molecule has 3 rings (SSSR count). The van der Waals surface area contributed by atoms with Crippen molar-refractivity contribution < 1.29 is 0 Å². The molecule has 0 fully saturated rings. The molecule has 0 bridgehead atoms. The SMILES string of the molecule is Brc1ccc2c(c1)CCC(NCCCc1ncn[nH]1)C2. The number of halogens is 1. The third-order valence-electron chi connectivity index (χ3n) is 3.89. The highest BCUT2D eigenvalue weighted by Gasteiger charge is 2.17. The molecule has 1 atom stereocenters. The summed E-state index contributed by atoms with van der Waals surface area (Å²) in [4.78, 5) is 4.14. The molecule has 4 nitrogen and oxygen atoms in total. The van der Waals surface area contributed by atoms with E-state index in [4.69, 9.17) is 0 Å². The smallest absolute Gasteiger partial charge is 0.137 e. The maximum absolute atomic E-state index is 4.14. The summed E-state index contributed by atoms with van der Waals surface area (Å²) in [6.07, 6.45) is 7.17. The minimum Gasteiger partial charge on any atom is -0.314 e. The predicted octanol–water partition coefficient (Wildman–Crippen LogP) is 2.65. The molecule has 5 heteroatoms. The second-order valence-electron chi connectivity index (χ2n) is 5.34. The van der Waals surface area contributed by atoms with Gasteiger partial charge in [0.2, 0.25) is 0 Å². The fourth-order valence-corrected chi connectivity index (χ4v) is 3.22. The van der Waals surface area contributed by atoms with Crippen molar-refractivity contribution in [2.45, 2.75) is 38.1 Å². The van der Waals surface area contributed by atoms with E-state index >= 15 is 0 Å². The summed E-state index contributed by atoms with van der Waals surface area (Å²) >= 11 is 3.55. The number of nitrogens with one attached hydrogen (secondary N) is 2. The highest BCUT2D eigenvalue weighted by Crippen LogP contribution is 2.24. The van der Waals surface area contributed by atoms with Crippen molar-refractivity contribution in [1.29, 1.82) is 0 Å². The van der Waals surface area contributed by atoms with E-state index in [1.807, 2.05) is 0 Å². The fraction of sp³-hybridized carbons (Fsp3) is 0.467. The number of aryl methyl sites for hydroxylation is 2. The van der Waals surface area contributed by atoms with Gasteiger partial charge < -0.3 is 5.32 Å². The number of aromatic amines is 1. The molecular formula is C15H19BrN4. The lowest BCUT2D eigenvalue weighted by Crippen LogP contribution is -2.35. The van der Waals surface area contributed by atoms with Gasteiger partial charge in [0.25, 0.3) is 0 Å². The van der Waals surface area contributed by atoms with Crippen LogP contribution in [0.25, 0.3) is 0 Å². The summed E-state index contributed by atoms with van der Waals surface area (Å²) < 4.78 is 1.19. The van der Waals surface area contributed by atoms with Crippen LogP contribution in [-0.2, 0) is 19.3 Å². The van der Waals surface area contributed by atoms with E-state index in [1.165, 1.54) is 28.4 Å². The van der Waals surface area contributed by atoms with Crippen LogP contribution in [0.3, 0.4) is 0 Å². The quantitative estimate of drug-likeness (QED) is 0.826. The maximum Gasteiger partial charge on any atom is 0.137 e. The summed E-state index contributed by atoms with van der Waals surface area (Å²) in [7, 11) is 0. The summed E-state index contributed by atoms with van der Waals surface area (Å²) in [6, 6.07) is 7.26. The van der Waals surface area contributed by atoms with Crippen molar-refractivity contribution in [3.05, 3.63) is 46.0 Å².